The maximum atomic E-state index is 5.65. The van der Waals surface area contributed by atoms with Gasteiger partial charge in [-0.1, -0.05) is 0 Å². The molecule has 1 aliphatic rings. The molecule has 12 heavy (non-hydrogen) atoms. The first-order chi connectivity index (χ1) is 5.76. The van der Waals surface area contributed by atoms with Gasteiger partial charge in [0.15, 0.2) is 0 Å². The lowest BCUT2D eigenvalue weighted by Crippen LogP contribution is -1.95. The van der Waals surface area contributed by atoms with E-state index >= 15 is 0 Å². The van der Waals surface area contributed by atoms with E-state index in [0.29, 0.717) is 5.70 Å². The molecule has 0 bridgehead atoms. The SMILES string of the molecule is COC1=CCC(OC)=CC(N)=C1. The lowest BCUT2D eigenvalue weighted by atomic mass is 10.3. The highest BCUT2D eigenvalue weighted by atomic mass is 16.5. The summed E-state index contributed by atoms with van der Waals surface area (Å²) < 4.78 is 10.1. The van der Waals surface area contributed by atoms with Crippen LogP contribution in [-0.2, 0) is 9.47 Å². The van der Waals surface area contributed by atoms with Crippen molar-refractivity contribution < 1.29 is 9.47 Å². The van der Waals surface area contributed by atoms with Gasteiger partial charge in [-0.3, -0.25) is 0 Å². The van der Waals surface area contributed by atoms with E-state index in [2.05, 4.69) is 0 Å². The molecule has 0 amide bonds. The zero-order chi connectivity index (χ0) is 8.97. The molecule has 0 saturated carbocycles. The number of hydrogen-bond donors (Lipinski definition) is 1. The molecule has 0 atom stereocenters. The minimum absolute atomic E-state index is 0.650. The highest BCUT2D eigenvalue weighted by molar-refractivity contribution is 5.30. The number of methoxy groups -OCH3 is 2. The topological polar surface area (TPSA) is 44.5 Å². The van der Waals surface area contributed by atoms with Crippen molar-refractivity contribution in [2.75, 3.05) is 14.2 Å². The Kier molecular flexibility index (Phi) is 2.80. The summed E-state index contributed by atoms with van der Waals surface area (Å²) in [7, 11) is 3.25. The Hall–Kier alpha value is -1.38. The van der Waals surface area contributed by atoms with Crippen molar-refractivity contribution in [3.8, 4) is 0 Å². The molecule has 0 aromatic carbocycles. The summed E-state index contributed by atoms with van der Waals surface area (Å²) in [6.45, 7) is 0. The molecular weight excluding hydrogens is 154 g/mol. The molecule has 1 rings (SSSR count). The molecule has 66 valence electrons. The molecule has 0 aromatic heterocycles. The van der Waals surface area contributed by atoms with Crippen molar-refractivity contribution in [2.24, 2.45) is 5.73 Å². The van der Waals surface area contributed by atoms with Crippen LogP contribution in [0.3, 0.4) is 0 Å². The summed E-state index contributed by atoms with van der Waals surface area (Å²) in [4.78, 5) is 0. The van der Waals surface area contributed by atoms with Gasteiger partial charge >= 0.3 is 0 Å². The molecule has 0 unspecified atom stereocenters. The van der Waals surface area contributed by atoms with E-state index in [9.17, 15) is 0 Å². The molecule has 0 heterocycles. The van der Waals surface area contributed by atoms with Crippen LogP contribution in [0.4, 0.5) is 0 Å². The molecule has 0 spiro atoms. The molecule has 1 aliphatic carbocycles. The Morgan fingerprint density at radius 2 is 2.00 bits per heavy atom. The summed E-state index contributed by atoms with van der Waals surface area (Å²) in [5, 5.41) is 0. The second-order valence-corrected chi connectivity index (χ2v) is 2.47. The van der Waals surface area contributed by atoms with Gasteiger partial charge in [-0.05, 0) is 12.2 Å². The van der Waals surface area contributed by atoms with Gasteiger partial charge in [-0.2, -0.15) is 0 Å². The Morgan fingerprint density at radius 3 is 2.58 bits per heavy atom. The van der Waals surface area contributed by atoms with Gasteiger partial charge in [-0.15, -0.1) is 0 Å². The zero-order valence-corrected chi connectivity index (χ0v) is 7.33. The number of nitrogens with two attached hydrogens (primary N) is 1. The molecular formula is C9H13NO2. The van der Waals surface area contributed by atoms with E-state index in [0.717, 1.165) is 17.9 Å². The molecule has 0 fully saturated rings. The van der Waals surface area contributed by atoms with Crippen LogP contribution >= 0.6 is 0 Å². The van der Waals surface area contributed by atoms with Gasteiger partial charge in [0.25, 0.3) is 0 Å². The minimum Gasteiger partial charge on any atom is -0.501 e. The van der Waals surface area contributed by atoms with E-state index in [4.69, 9.17) is 15.2 Å². The van der Waals surface area contributed by atoms with Crippen LogP contribution < -0.4 is 5.73 Å². The van der Waals surface area contributed by atoms with Crippen molar-refractivity contribution in [2.45, 2.75) is 6.42 Å². The maximum Gasteiger partial charge on any atom is 0.117 e. The fraction of sp³-hybridized carbons (Fsp3) is 0.333. The molecule has 3 heteroatoms. The molecule has 3 nitrogen and oxygen atoms in total. The van der Waals surface area contributed by atoms with E-state index in [1.807, 2.05) is 6.08 Å². The van der Waals surface area contributed by atoms with Crippen molar-refractivity contribution in [3.63, 3.8) is 0 Å². The van der Waals surface area contributed by atoms with Crippen molar-refractivity contribution in [3.05, 3.63) is 35.4 Å². The van der Waals surface area contributed by atoms with Crippen LogP contribution in [-0.4, -0.2) is 14.2 Å². The van der Waals surface area contributed by atoms with Gasteiger partial charge in [0.2, 0.25) is 0 Å². The van der Waals surface area contributed by atoms with Gasteiger partial charge in [0, 0.05) is 18.2 Å². The standard InChI is InChI=1S/C9H13NO2/c1-11-8-3-4-9(12-2)6-7(10)5-8/h3,5-6H,4,10H2,1-2H3. The predicted octanol–water partition coefficient (Wildman–Crippen LogP) is 1.29. The number of rotatable bonds is 2. The molecule has 0 saturated heterocycles. The molecule has 0 radical (unpaired) electrons. The zero-order valence-electron chi connectivity index (χ0n) is 7.33. The van der Waals surface area contributed by atoms with Crippen molar-refractivity contribution in [1.29, 1.82) is 0 Å². The van der Waals surface area contributed by atoms with E-state index in [1.54, 1.807) is 26.4 Å². The van der Waals surface area contributed by atoms with Crippen molar-refractivity contribution in [1.82, 2.24) is 0 Å². The fourth-order valence-corrected chi connectivity index (χ4v) is 0.995. The predicted molar refractivity (Wildman–Crippen MR) is 47.1 cm³/mol. The number of allylic oxidation sites excluding steroid dienone is 3. The highest BCUT2D eigenvalue weighted by Crippen LogP contribution is 2.14. The second kappa shape index (κ2) is 3.85. The Bertz CT molecular complexity index is 251. The summed E-state index contributed by atoms with van der Waals surface area (Å²) in [5.41, 5.74) is 6.30. The first kappa shape index (κ1) is 8.71. The maximum absolute atomic E-state index is 5.65. The van der Waals surface area contributed by atoms with Crippen LogP contribution in [0.5, 0.6) is 0 Å². The quantitative estimate of drug-likeness (QED) is 0.674. The van der Waals surface area contributed by atoms with Gasteiger partial charge in [-0.25, -0.2) is 0 Å². The van der Waals surface area contributed by atoms with Crippen LogP contribution in [0.2, 0.25) is 0 Å². The summed E-state index contributed by atoms with van der Waals surface area (Å²) >= 11 is 0. The summed E-state index contributed by atoms with van der Waals surface area (Å²) in [5.74, 6) is 1.62. The monoisotopic (exact) mass is 167 g/mol. The Labute approximate surface area is 72.2 Å². The smallest absolute Gasteiger partial charge is 0.117 e. The number of hydrogen-bond acceptors (Lipinski definition) is 3. The van der Waals surface area contributed by atoms with Crippen molar-refractivity contribution >= 4 is 0 Å². The molecule has 0 aromatic rings. The van der Waals surface area contributed by atoms with Gasteiger partial charge in [0.1, 0.15) is 11.5 Å². The first-order valence-corrected chi connectivity index (χ1v) is 3.72. The Morgan fingerprint density at radius 1 is 1.25 bits per heavy atom. The molecule has 2 N–H and O–H groups in total. The minimum atomic E-state index is 0.650. The lowest BCUT2D eigenvalue weighted by Gasteiger charge is -2.00. The average molecular weight is 167 g/mol. The van der Waals surface area contributed by atoms with Crippen LogP contribution in [0.15, 0.2) is 35.4 Å². The van der Waals surface area contributed by atoms with E-state index in [1.165, 1.54) is 0 Å². The molecule has 0 aliphatic heterocycles. The Balaban J connectivity index is 2.83. The second-order valence-electron chi connectivity index (χ2n) is 2.47. The third kappa shape index (κ3) is 2.05. The third-order valence-corrected chi connectivity index (χ3v) is 1.64. The lowest BCUT2D eigenvalue weighted by molar-refractivity contribution is 0.280. The van der Waals surface area contributed by atoms with E-state index < -0.39 is 0 Å². The largest absolute Gasteiger partial charge is 0.501 e. The third-order valence-electron chi connectivity index (χ3n) is 1.64. The van der Waals surface area contributed by atoms with Crippen LogP contribution in [0.1, 0.15) is 6.42 Å². The van der Waals surface area contributed by atoms with Gasteiger partial charge < -0.3 is 15.2 Å². The first-order valence-electron chi connectivity index (χ1n) is 3.72. The summed E-state index contributed by atoms with van der Waals surface area (Å²) in [6.07, 6.45) is 6.21. The van der Waals surface area contributed by atoms with Crippen LogP contribution in [0, 0.1) is 0 Å². The average Bonchev–Trinajstić information content (AvgIpc) is 2.26. The number of ether oxygens (including phenoxy) is 2. The normalized spacial score (nSPS) is 17.0. The van der Waals surface area contributed by atoms with Gasteiger partial charge in [0.05, 0.1) is 14.2 Å². The summed E-state index contributed by atoms with van der Waals surface area (Å²) in [6, 6.07) is 0. The fourth-order valence-electron chi connectivity index (χ4n) is 0.995. The van der Waals surface area contributed by atoms with Crippen LogP contribution in [0.25, 0.3) is 0 Å². The highest BCUT2D eigenvalue weighted by Gasteiger charge is 2.02. The van der Waals surface area contributed by atoms with E-state index in [-0.39, 0.29) is 0 Å².